The summed E-state index contributed by atoms with van der Waals surface area (Å²) in [6, 6.07) is 7.35. The summed E-state index contributed by atoms with van der Waals surface area (Å²) < 4.78 is 10.7. The molecule has 0 saturated carbocycles. The molecule has 1 atom stereocenters. The summed E-state index contributed by atoms with van der Waals surface area (Å²) in [5, 5.41) is 6.98. The molecule has 6 heteroatoms. The van der Waals surface area contributed by atoms with Crippen LogP contribution in [0.3, 0.4) is 0 Å². The summed E-state index contributed by atoms with van der Waals surface area (Å²) >= 11 is 0. The van der Waals surface area contributed by atoms with Crippen LogP contribution >= 0.6 is 0 Å². The fraction of sp³-hybridized carbons (Fsp3) is 0.444. The Morgan fingerprint density at radius 2 is 2.12 bits per heavy atom. The van der Waals surface area contributed by atoms with Gasteiger partial charge in [-0.25, -0.2) is 4.79 Å². The fourth-order valence-electron chi connectivity index (χ4n) is 3.27. The number of urea groups is 1. The molecule has 0 bridgehead atoms. The molecule has 3 rings (SSSR count). The van der Waals surface area contributed by atoms with E-state index in [0.29, 0.717) is 6.61 Å². The number of ether oxygens (including phenoxy) is 1. The normalized spacial score (nSPS) is 17.1. The third-order valence-electron chi connectivity index (χ3n) is 4.35. The van der Waals surface area contributed by atoms with Gasteiger partial charge in [-0.1, -0.05) is 5.16 Å². The van der Waals surface area contributed by atoms with Crippen molar-refractivity contribution < 1.29 is 14.1 Å². The van der Waals surface area contributed by atoms with E-state index in [1.54, 1.807) is 0 Å². The summed E-state index contributed by atoms with van der Waals surface area (Å²) in [4.78, 5) is 14.6. The summed E-state index contributed by atoms with van der Waals surface area (Å²) in [5.41, 5.74) is 2.65. The van der Waals surface area contributed by atoms with Crippen LogP contribution in [0, 0.1) is 13.8 Å². The maximum atomic E-state index is 12.7. The number of likely N-dealkylation sites (tertiary alicyclic amines) is 1. The molecule has 1 aliphatic heterocycles. The highest BCUT2D eigenvalue weighted by atomic mass is 16.5. The summed E-state index contributed by atoms with van der Waals surface area (Å²) in [6.45, 7) is 7.12. The van der Waals surface area contributed by atoms with Gasteiger partial charge in [0.1, 0.15) is 11.5 Å². The first-order chi connectivity index (χ1) is 11.6. The van der Waals surface area contributed by atoms with Crippen LogP contribution in [-0.2, 0) is 0 Å². The Kier molecular flexibility index (Phi) is 4.74. The first-order valence-corrected chi connectivity index (χ1v) is 8.33. The predicted molar refractivity (Wildman–Crippen MR) is 91.3 cm³/mol. The van der Waals surface area contributed by atoms with Crippen LogP contribution < -0.4 is 10.1 Å². The monoisotopic (exact) mass is 329 g/mol. The van der Waals surface area contributed by atoms with E-state index < -0.39 is 0 Å². The minimum Gasteiger partial charge on any atom is -0.494 e. The molecule has 24 heavy (non-hydrogen) atoms. The van der Waals surface area contributed by atoms with E-state index in [-0.39, 0.29) is 12.1 Å². The third-order valence-corrected chi connectivity index (χ3v) is 4.35. The molecule has 2 aromatic rings. The Balaban J connectivity index is 1.72. The standard InChI is InChI=1S/C18H23N3O3/c1-4-23-15-9-7-14(8-10-15)19-18(22)21-11-5-6-16(21)17-12(2)20-24-13(17)3/h7-10,16H,4-6,11H2,1-3H3,(H,19,22)/t16-/m0/s1. The van der Waals surface area contributed by atoms with Gasteiger partial charge in [0.05, 0.1) is 18.3 Å². The number of anilines is 1. The van der Waals surface area contributed by atoms with Crippen molar-refractivity contribution >= 4 is 11.7 Å². The largest absolute Gasteiger partial charge is 0.494 e. The van der Waals surface area contributed by atoms with Gasteiger partial charge in [0.2, 0.25) is 0 Å². The second-order valence-corrected chi connectivity index (χ2v) is 5.98. The van der Waals surface area contributed by atoms with Crippen molar-refractivity contribution in [2.75, 3.05) is 18.5 Å². The molecule has 0 aliphatic carbocycles. The van der Waals surface area contributed by atoms with Crippen molar-refractivity contribution in [2.24, 2.45) is 0 Å². The van der Waals surface area contributed by atoms with Crippen molar-refractivity contribution in [3.05, 3.63) is 41.3 Å². The molecule has 128 valence electrons. The second kappa shape index (κ2) is 6.95. The smallest absolute Gasteiger partial charge is 0.322 e. The molecule has 1 aromatic carbocycles. The molecule has 6 nitrogen and oxygen atoms in total. The molecular weight excluding hydrogens is 306 g/mol. The minimum absolute atomic E-state index is 0.0268. The maximum Gasteiger partial charge on any atom is 0.322 e. The van der Waals surface area contributed by atoms with Gasteiger partial charge in [0, 0.05) is 17.8 Å². The van der Waals surface area contributed by atoms with Gasteiger partial charge in [0.25, 0.3) is 0 Å². The lowest BCUT2D eigenvalue weighted by atomic mass is 10.0. The zero-order chi connectivity index (χ0) is 17.1. The van der Waals surface area contributed by atoms with Crippen LogP contribution in [0.2, 0.25) is 0 Å². The number of nitrogens with one attached hydrogen (secondary N) is 1. The highest BCUT2D eigenvalue weighted by Crippen LogP contribution is 2.35. The number of amides is 2. The van der Waals surface area contributed by atoms with Gasteiger partial charge in [-0.3, -0.25) is 0 Å². The van der Waals surface area contributed by atoms with Gasteiger partial charge in [0.15, 0.2) is 0 Å². The topological polar surface area (TPSA) is 67.6 Å². The number of carbonyl (C=O) groups is 1. The summed E-state index contributed by atoms with van der Waals surface area (Å²) in [6.07, 6.45) is 1.91. The van der Waals surface area contributed by atoms with Crippen molar-refractivity contribution in [2.45, 2.75) is 39.7 Å². The molecule has 0 radical (unpaired) electrons. The number of carbonyl (C=O) groups excluding carboxylic acids is 1. The fourth-order valence-corrected chi connectivity index (χ4v) is 3.27. The van der Waals surface area contributed by atoms with Gasteiger partial charge in [-0.15, -0.1) is 0 Å². The Morgan fingerprint density at radius 1 is 1.38 bits per heavy atom. The predicted octanol–water partition coefficient (Wildman–Crippen LogP) is 4.06. The van der Waals surface area contributed by atoms with E-state index in [1.807, 2.05) is 49.9 Å². The van der Waals surface area contributed by atoms with E-state index in [0.717, 1.165) is 47.8 Å². The van der Waals surface area contributed by atoms with Crippen molar-refractivity contribution in [1.82, 2.24) is 10.1 Å². The highest BCUT2D eigenvalue weighted by Gasteiger charge is 2.33. The lowest BCUT2D eigenvalue weighted by Crippen LogP contribution is -2.34. The first-order valence-electron chi connectivity index (χ1n) is 8.33. The lowest BCUT2D eigenvalue weighted by molar-refractivity contribution is 0.206. The van der Waals surface area contributed by atoms with Gasteiger partial charge < -0.3 is 19.5 Å². The number of rotatable bonds is 4. The number of aryl methyl sites for hydroxylation is 2. The number of aromatic nitrogens is 1. The second-order valence-electron chi connectivity index (χ2n) is 5.98. The molecule has 2 amide bonds. The molecular formula is C18H23N3O3. The molecule has 0 unspecified atom stereocenters. The molecule has 1 aliphatic rings. The molecule has 1 N–H and O–H groups in total. The third kappa shape index (κ3) is 3.22. The zero-order valence-corrected chi connectivity index (χ0v) is 14.3. The number of hydrogen-bond acceptors (Lipinski definition) is 4. The lowest BCUT2D eigenvalue weighted by Gasteiger charge is -2.25. The van der Waals surface area contributed by atoms with Gasteiger partial charge in [-0.2, -0.15) is 0 Å². The molecule has 0 spiro atoms. The van der Waals surface area contributed by atoms with E-state index in [9.17, 15) is 4.79 Å². The van der Waals surface area contributed by atoms with Crippen LogP contribution in [0.25, 0.3) is 0 Å². The average Bonchev–Trinajstić information content (AvgIpc) is 3.16. The Hall–Kier alpha value is -2.50. The van der Waals surface area contributed by atoms with Crippen LogP contribution in [0.4, 0.5) is 10.5 Å². The zero-order valence-electron chi connectivity index (χ0n) is 14.3. The van der Waals surface area contributed by atoms with E-state index in [2.05, 4.69) is 10.5 Å². The van der Waals surface area contributed by atoms with E-state index >= 15 is 0 Å². The Labute approximate surface area is 141 Å². The molecule has 1 fully saturated rings. The van der Waals surface area contributed by atoms with Gasteiger partial charge in [-0.05, 0) is 57.9 Å². The average molecular weight is 329 g/mol. The van der Waals surface area contributed by atoms with Crippen LogP contribution in [0.1, 0.15) is 42.8 Å². The van der Waals surface area contributed by atoms with Gasteiger partial charge >= 0.3 is 6.03 Å². The maximum absolute atomic E-state index is 12.7. The Bertz CT molecular complexity index is 689. The highest BCUT2D eigenvalue weighted by molar-refractivity contribution is 5.89. The summed E-state index contributed by atoms with van der Waals surface area (Å²) in [5.74, 6) is 1.59. The van der Waals surface area contributed by atoms with Crippen LogP contribution in [0.15, 0.2) is 28.8 Å². The van der Waals surface area contributed by atoms with E-state index in [1.165, 1.54) is 0 Å². The first kappa shape index (κ1) is 16.4. The SMILES string of the molecule is CCOc1ccc(NC(=O)N2CCC[C@H]2c2c(C)noc2C)cc1. The van der Waals surface area contributed by atoms with Crippen LogP contribution in [-0.4, -0.2) is 29.2 Å². The van der Waals surface area contributed by atoms with Crippen molar-refractivity contribution in [3.63, 3.8) is 0 Å². The molecule has 1 aromatic heterocycles. The minimum atomic E-state index is -0.0957. The quantitative estimate of drug-likeness (QED) is 0.918. The summed E-state index contributed by atoms with van der Waals surface area (Å²) in [7, 11) is 0. The van der Waals surface area contributed by atoms with Crippen molar-refractivity contribution in [3.8, 4) is 5.75 Å². The molecule has 1 saturated heterocycles. The van der Waals surface area contributed by atoms with Crippen molar-refractivity contribution in [1.29, 1.82) is 0 Å². The number of hydrogen-bond donors (Lipinski definition) is 1. The Morgan fingerprint density at radius 3 is 2.75 bits per heavy atom. The van der Waals surface area contributed by atoms with Crippen LogP contribution in [0.5, 0.6) is 5.75 Å². The van der Waals surface area contributed by atoms with E-state index in [4.69, 9.17) is 9.26 Å². The molecule has 2 heterocycles. The number of nitrogens with zero attached hydrogens (tertiary/aromatic N) is 2. The number of benzene rings is 1.